The molecular formula is C22H23N5O. The molecular weight excluding hydrogens is 350 g/mol. The van der Waals surface area contributed by atoms with Crippen molar-refractivity contribution in [3.05, 3.63) is 70.1 Å². The van der Waals surface area contributed by atoms with Crippen LogP contribution in [0.15, 0.2) is 53.3 Å². The second kappa shape index (κ2) is 6.80. The van der Waals surface area contributed by atoms with Crippen LogP contribution in [0.3, 0.4) is 0 Å². The molecule has 2 aromatic heterocycles. The number of aromatic amines is 1. The van der Waals surface area contributed by atoms with Crippen molar-refractivity contribution in [2.24, 2.45) is 0 Å². The maximum atomic E-state index is 12.8. The summed E-state index contributed by atoms with van der Waals surface area (Å²) in [5.74, 6) is 0.356. The van der Waals surface area contributed by atoms with Gasteiger partial charge in [0, 0.05) is 11.9 Å². The number of likely N-dealkylation sites (tertiary alicyclic amines) is 1. The van der Waals surface area contributed by atoms with E-state index < -0.39 is 0 Å². The van der Waals surface area contributed by atoms with Crippen LogP contribution in [0, 0.1) is 0 Å². The first-order valence-electron chi connectivity index (χ1n) is 9.76. The Balaban J connectivity index is 1.63. The number of hydrogen-bond acceptors (Lipinski definition) is 4. The predicted molar refractivity (Wildman–Crippen MR) is 112 cm³/mol. The van der Waals surface area contributed by atoms with Crippen molar-refractivity contribution in [3.63, 3.8) is 0 Å². The van der Waals surface area contributed by atoms with E-state index in [-0.39, 0.29) is 5.69 Å². The van der Waals surface area contributed by atoms with Gasteiger partial charge in [0.1, 0.15) is 11.3 Å². The molecule has 1 aliphatic rings. The van der Waals surface area contributed by atoms with Gasteiger partial charge in [0.05, 0.1) is 17.6 Å². The number of nitrogen functional groups attached to an aromatic ring is 1. The quantitative estimate of drug-likeness (QED) is 0.576. The molecule has 0 unspecified atom stereocenters. The third-order valence-electron chi connectivity index (χ3n) is 5.68. The number of hydrogen-bond donors (Lipinski definition) is 2. The van der Waals surface area contributed by atoms with Gasteiger partial charge in [-0.05, 0) is 43.1 Å². The number of nitrogens with zero attached hydrogens (tertiary/aromatic N) is 3. The first kappa shape index (κ1) is 17.0. The summed E-state index contributed by atoms with van der Waals surface area (Å²) >= 11 is 0. The Hall–Kier alpha value is -3.12. The van der Waals surface area contributed by atoms with Gasteiger partial charge in [-0.15, -0.1) is 0 Å². The summed E-state index contributed by atoms with van der Waals surface area (Å²) < 4.78 is 1.79. The number of benzene rings is 2. The van der Waals surface area contributed by atoms with Crippen LogP contribution in [0.25, 0.3) is 21.9 Å². The van der Waals surface area contributed by atoms with Crippen molar-refractivity contribution in [2.45, 2.75) is 25.9 Å². The van der Waals surface area contributed by atoms with E-state index in [1.807, 2.05) is 30.3 Å². The Morgan fingerprint density at radius 3 is 2.43 bits per heavy atom. The highest BCUT2D eigenvalue weighted by Gasteiger charge is 2.17. The van der Waals surface area contributed by atoms with Gasteiger partial charge in [-0.2, -0.15) is 0 Å². The van der Waals surface area contributed by atoms with E-state index in [4.69, 9.17) is 5.73 Å². The molecule has 0 radical (unpaired) electrons. The van der Waals surface area contributed by atoms with Gasteiger partial charge in [0.2, 0.25) is 0 Å². The lowest BCUT2D eigenvalue weighted by Crippen LogP contribution is -2.21. The van der Waals surface area contributed by atoms with Crippen LogP contribution in [-0.4, -0.2) is 32.5 Å². The van der Waals surface area contributed by atoms with Gasteiger partial charge in [-0.3, -0.25) is 9.47 Å². The van der Waals surface area contributed by atoms with E-state index in [9.17, 15) is 4.79 Å². The number of imidazole rings is 1. The fraction of sp³-hybridized carbons (Fsp3) is 0.273. The number of pyridine rings is 1. The van der Waals surface area contributed by atoms with Crippen molar-refractivity contribution < 1.29 is 0 Å². The monoisotopic (exact) mass is 373 g/mol. The van der Waals surface area contributed by atoms with E-state index in [2.05, 4.69) is 33.1 Å². The smallest absolute Gasteiger partial charge is 0.326 e. The minimum atomic E-state index is -0.157. The summed E-state index contributed by atoms with van der Waals surface area (Å²) in [6.45, 7) is 3.73. The van der Waals surface area contributed by atoms with E-state index in [1.165, 1.54) is 18.4 Å². The van der Waals surface area contributed by atoms with Crippen molar-refractivity contribution in [3.8, 4) is 0 Å². The Morgan fingerprint density at radius 2 is 1.64 bits per heavy atom. The Bertz CT molecular complexity index is 1220. The number of nitrogens with one attached hydrogen (secondary N) is 1. The normalized spacial score (nSPS) is 15.0. The maximum absolute atomic E-state index is 12.8. The van der Waals surface area contributed by atoms with Crippen LogP contribution in [0.5, 0.6) is 0 Å². The Morgan fingerprint density at radius 1 is 0.964 bits per heavy atom. The number of nitrogens with two attached hydrogens (primary N) is 1. The van der Waals surface area contributed by atoms with Crippen LogP contribution < -0.4 is 11.4 Å². The van der Waals surface area contributed by atoms with Gasteiger partial charge >= 0.3 is 5.69 Å². The average Bonchev–Trinajstić information content (AvgIpc) is 3.32. The third kappa shape index (κ3) is 2.86. The molecule has 0 amide bonds. The second-order valence-electron chi connectivity index (χ2n) is 7.51. The molecule has 6 nitrogen and oxygen atoms in total. The molecule has 142 valence electrons. The molecule has 5 rings (SSSR count). The molecule has 2 aromatic carbocycles. The number of para-hydroxylation sites is 1. The SMILES string of the molecule is Nc1nc2ccccc2c2c1[nH]c(=O)n2Cc1ccccc1CN1CCCC1. The van der Waals surface area contributed by atoms with E-state index >= 15 is 0 Å². The zero-order chi connectivity index (χ0) is 19.1. The fourth-order valence-electron chi connectivity index (χ4n) is 4.26. The van der Waals surface area contributed by atoms with Crippen LogP contribution in [0.1, 0.15) is 24.0 Å². The summed E-state index contributed by atoms with van der Waals surface area (Å²) in [6.07, 6.45) is 2.53. The molecule has 0 spiro atoms. The van der Waals surface area contributed by atoms with Gasteiger partial charge in [-0.25, -0.2) is 9.78 Å². The molecule has 0 aliphatic carbocycles. The molecule has 6 heteroatoms. The molecule has 1 aliphatic heterocycles. The molecule has 0 saturated carbocycles. The van der Waals surface area contributed by atoms with Crippen LogP contribution >= 0.6 is 0 Å². The lowest BCUT2D eigenvalue weighted by atomic mass is 10.1. The minimum Gasteiger partial charge on any atom is -0.382 e. The lowest BCUT2D eigenvalue weighted by Gasteiger charge is -2.18. The Kier molecular flexibility index (Phi) is 4.13. The van der Waals surface area contributed by atoms with E-state index in [0.717, 1.165) is 41.6 Å². The molecule has 1 fully saturated rings. The lowest BCUT2D eigenvalue weighted by molar-refractivity contribution is 0.330. The summed E-state index contributed by atoms with van der Waals surface area (Å²) in [5, 5.41) is 0.932. The summed E-state index contributed by atoms with van der Waals surface area (Å²) in [4.78, 5) is 22.6. The maximum Gasteiger partial charge on any atom is 0.326 e. The van der Waals surface area contributed by atoms with Gasteiger partial charge in [0.15, 0.2) is 0 Å². The van der Waals surface area contributed by atoms with Crippen LogP contribution in [0.2, 0.25) is 0 Å². The molecule has 3 N–H and O–H groups in total. The summed E-state index contributed by atoms with van der Waals surface area (Å²) in [7, 11) is 0. The zero-order valence-electron chi connectivity index (χ0n) is 15.7. The minimum absolute atomic E-state index is 0.157. The number of aromatic nitrogens is 3. The van der Waals surface area contributed by atoms with Crippen LogP contribution in [-0.2, 0) is 13.1 Å². The summed E-state index contributed by atoms with van der Waals surface area (Å²) in [5.41, 5.74) is 10.6. The molecule has 0 bridgehead atoms. The molecule has 28 heavy (non-hydrogen) atoms. The van der Waals surface area contributed by atoms with E-state index in [1.54, 1.807) is 4.57 Å². The van der Waals surface area contributed by atoms with Crippen molar-refractivity contribution in [1.82, 2.24) is 19.4 Å². The molecule has 1 saturated heterocycles. The van der Waals surface area contributed by atoms with Gasteiger partial charge in [-0.1, -0.05) is 42.5 Å². The highest BCUT2D eigenvalue weighted by atomic mass is 16.1. The van der Waals surface area contributed by atoms with E-state index in [0.29, 0.717) is 17.9 Å². The Labute approximate surface area is 162 Å². The first-order chi connectivity index (χ1) is 13.7. The molecule has 0 atom stereocenters. The standard InChI is InChI=1S/C22H23N5O/c23-21-19-20(17-9-3-4-10-18(17)24-21)27(22(28)25-19)14-16-8-2-1-7-15(16)13-26-11-5-6-12-26/h1-4,7-10H,5-6,11-14H2,(H2,23,24)(H,25,28). The molecule has 3 heterocycles. The van der Waals surface area contributed by atoms with Crippen molar-refractivity contribution in [2.75, 3.05) is 18.8 Å². The number of rotatable bonds is 4. The van der Waals surface area contributed by atoms with Crippen molar-refractivity contribution >= 4 is 27.8 Å². The highest BCUT2D eigenvalue weighted by molar-refractivity contribution is 6.06. The second-order valence-corrected chi connectivity index (χ2v) is 7.51. The third-order valence-corrected chi connectivity index (χ3v) is 5.68. The first-order valence-corrected chi connectivity index (χ1v) is 9.76. The zero-order valence-corrected chi connectivity index (χ0v) is 15.7. The molecule has 4 aromatic rings. The van der Waals surface area contributed by atoms with Gasteiger partial charge in [0.25, 0.3) is 0 Å². The average molecular weight is 373 g/mol. The number of anilines is 1. The fourth-order valence-corrected chi connectivity index (χ4v) is 4.26. The van der Waals surface area contributed by atoms with Crippen molar-refractivity contribution in [1.29, 1.82) is 0 Å². The van der Waals surface area contributed by atoms with Crippen LogP contribution in [0.4, 0.5) is 5.82 Å². The summed E-state index contributed by atoms with van der Waals surface area (Å²) in [6, 6.07) is 16.2. The largest absolute Gasteiger partial charge is 0.382 e. The number of H-pyrrole nitrogens is 1. The topological polar surface area (TPSA) is 79.9 Å². The number of fused-ring (bicyclic) bond motifs is 3. The van der Waals surface area contributed by atoms with Gasteiger partial charge < -0.3 is 10.7 Å². The predicted octanol–water partition coefficient (Wildman–Crippen LogP) is 3.10. The highest BCUT2D eigenvalue weighted by Crippen LogP contribution is 2.26.